The summed E-state index contributed by atoms with van der Waals surface area (Å²) < 4.78 is 0. The van der Waals surface area contributed by atoms with Crippen molar-refractivity contribution >= 4 is 23.1 Å². The maximum atomic E-state index is 13.5. The molecule has 0 aromatic heterocycles. The fourth-order valence-corrected chi connectivity index (χ4v) is 4.20. The Morgan fingerprint density at radius 1 is 0.897 bits per heavy atom. The standard InChI is InChI=1S/C24H27N3O2/c1-17-9-11-18(12-10-17)21-22(26(3)19-13-15-25(2)16-14-19)24(29)27(23(21)28)20-7-5-4-6-8-20/h4-12,19H,13-16H2,1-3H3. The van der Waals surface area contributed by atoms with Crippen molar-refractivity contribution in [2.24, 2.45) is 0 Å². The van der Waals surface area contributed by atoms with E-state index in [4.69, 9.17) is 0 Å². The molecule has 1 saturated heterocycles. The molecule has 0 N–H and O–H groups in total. The van der Waals surface area contributed by atoms with Gasteiger partial charge in [0.05, 0.1) is 11.3 Å². The normalized spacial score (nSPS) is 18.7. The largest absolute Gasteiger partial charge is 0.366 e. The van der Waals surface area contributed by atoms with Crippen molar-refractivity contribution in [1.29, 1.82) is 0 Å². The Morgan fingerprint density at radius 3 is 2.14 bits per heavy atom. The molecule has 1 fully saturated rings. The van der Waals surface area contributed by atoms with E-state index in [2.05, 4.69) is 11.9 Å². The zero-order chi connectivity index (χ0) is 20.5. The number of para-hydroxylation sites is 1. The second-order valence-electron chi connectivity index (χ2n) is 8.02. The molecule has 5 heteroatoms. The molecule has 2 aromatic carbocycles. The second-order valence-corrected chi connectivity index (χ2v) is 8.02. The van der Waals surface area contributed by atoms with Crippen LogP contribution in [-0.4, -0.2) is 54.8 Å². The van der Waals surface area contributed by atoms with E-state index in [1.54, 1.807) is 12.1 Å². The van der Waals surface area contributed by atoms with E-state index in [0.29, 0.717) is 17.0 Å². The first kappa shape index (κ1) is 19.4. The van der Waals surface area contributed by atoms with Crippen LogP contribution in [0.4, 0.5) is 5.69 Å². The van der Waals surface area contributed by atoms with Gasteiger partial charge in [0, 0.05) is 13.1 Å². The average Bonchev–Trinajstić information content (AvgIpc) is 2.99. The Labute approximate surface area is 172 Å². The van der Waals surface area contributed by atoms with Crippen LogP contribution in [-0.2, 0) is 9.59 Å². The molecule has 150 valence electrons. The summed E-state index contributed by atoms with van der Waals surface area (Å²) in [4.78, 5) is 32.6. The molecule has 2 aromatic rings. The number of likely N-dealkylation sites (N-methyl/N-ethyl adjacent to an activating group) is 1. The lowest BCUT2D eigenvalue weighted by molar-refractivity contribution is -0.120. The summed E-state index contributed by atoms with van der Waals surface area (Å²) in [5.74, 6) is -0.488. The number of rotatable bonds is 4. The molecule has 0 radical (unpaired) electrons. The van der Waals surface area contributed by atoms with Gasteiger partial charge in [-0.2, -0.15) is 0 Å². The van der Waals surface area contributed by atoms with E-state index in [9.17, 15) is 9.59 Å². The van der Waals surface area contributed by atoms with Crippen molar-refractivity contribution < 1.29 is 9.59 Å². The third-order valence-corrected chi connectivity index (χ3v) is 6.00. The summed E-state index contributed by atoms with van der Waals surface area (Å²) in [6, 6.07) is 17.3. The summed E-state index contributed by atoms with van der Waals surface area (Å²) in [6.07, 6.45) is 1.95. The van der Waals surface area contributed by atoms with Gasteiger partial charge in [-0.3, -0.25) is 9.59 Å². The lowest BCUT2D eigenvalue weighted by Crippen LogP contribution is -2.43. The Kier molecular flexibility index (Phi) is 5.24. The first-order valence-electron chi connectivity index (χ1n) is 10.1. The Bertz CT molecular complexity index is 942. The number of benzene rings is 2. The van der Waals surface area contributed by atoms with Crippen LogP contribution < -0.4 is 4.90 Å². The van der Waals surface area contributed by atoms with Crippen LogP contribution in [0, 0.1) is 6.92 Å². The number of imide groups is 1. The monoisotopic (exact) mass is 389 g/mol. The van der Waals surface area contributed by atoms with Crippen LogP contribution in [0.2, 0.25) is 0 Å². The highest BCUT2D eigenvalue weighted by Crippen LogP contribution is 2.36. The van der Waals surface area contributed by atoms with Crippen molar-refractivity contribution in [3.8, 4) is 0 Å². The predicted octanol–water partition coefficient (Wildman–Crippen LogP) is 3.31. The molecular formula is C24H27N3O2. The number of anilines is 1. The number of hydrogen-bond acceptors (Lipinski definition) is 4. The van der Waals surface area contributed by atoms with E-state index in [-0.39, 0.29) is 17.9 Å². The first-order chi connectivity index (χ1) is 14.0. The minimum atomic E-state index is -0.250. The summed E-state index contributed by atoms with van der Waals surface area (Å²) in [5, 5.41) is 0. The zero-order valence-corrected chi connectivity index (χ0v) is 17.3. The molecule has 2 heterocycles. The van der Waals surface area contributed by atoms with Gasteiger partial charge in [0.15, 0.2) is 0 Å². The van der Waals surface area contributed by atoms with Crippen LogP contribution in [0.15, 0.2) is 60.3 Å². The molecule has 4 rings (SSSR count). The molecule has 0 spiro atoms. The zero-order valence-electron chi connectivity index (χ0n) is 17.3. The fourth-order valence-electron chi connectivity index (χ4n) is 4.20. The second kappa shape index (κ2) is 7.84. The van der Waals surface area contributed by atoms with Gasteiger partial charge in [0.2, 0.25) is 0 Å². The van der Waals surface area contributed by atoms with Crippen molar-refractivity contribution in [3.63, 3.8) is 0 Å². The lowest BCUT2D eigenvalue weighted by Gasteiger charge is -2.36. The van der Waals surface area contributed by atoms with Crippen molar-refractivity contribution in [2.75, 3.05) is 32.1 Å². The lowest BCUT2D eigenvalue weighted by atomic mass is 9.99. The third-order valence-electron chi connectivity index (χ3n) is 6.00. The highest BCUT2D eigenvalue weighted by Gasteiger charge is 2.43. The SMILES string of the molecule is Cc1ccc(C2=C(N(C)C3CCN(C)CC3)C(=O)N(c3ccccc3)C2=O)cc1. The van der Waals surface area contributed by atoms with E-state index in [0.717, 1.165) is 37.1 Å². The number of nitrogens with zero attached hydrogens (tertiary/aromatic N) is 3. The van der Waals surface area contributed by atoms with E-state index < -0.39 is 0 Å². The first-order valence-corrected chi connectivity index (χ1v) is 10.1. The molecule has 2 aliphatic heterocycles. The van der Waals surface area contributed by atoms with Gasteiger partial charge in [-0.1, -0.05) is 48.0 Å². The average molecular weight is 389 g/mol. The molecule has 0 saturated carbocycles. The Hall–Kier alpha value is -2.92. The minimum absolute atomic E-state index is 0.238. The molecule has 2 amide bonds. The fraction of sp³-hybridized carbons (Fsp3) is 0.333. The minimum Gasteiger partial charge on any atom is -0.366 e. The van der Waals surface area contributed by atoms with Crippen molar-refractivity contribution in [1.82, 2.24) is 9.80 Å². The van der Waals surface area contributed by atoms with Crippen LogP contribution in [0.3, 0.4) is 0 Å². The molecule has 0 atom stereocenters. The van der Waals surface area contributed by atoms with E-state index in [1.807, 2.05) is 61.3 Å². The summed E-state index contributed by atoms with van der Waals surface area (Å²) in [6.45, 7) is 4.00. The van der Waals surface area contributed by atoms with Crippen LogP contribution in [0.1, 0.15) is 24.0 Å². The Balaban J connectivity index is 1.78. The smallest absolute Gasteiger partial charge is 0.282 e. The number of piperidine rings is 1. The summed E-state index contributed by atoms with van der Waals surface area (Å²) in [7, 11) is 4.08. The van der Waals surface area contributed by atoms with Gasteiger partial charge in [-0.25, -0.2) is 4.90 Å². The summed E-state index contributed by atoms with van der Waals surface area (Å²) in [5.41, 5.74) is 3.54. The van der Waals surface area contributed by atoms with Crippen molar-refractivity contribution in [2.45, 2.75) is 25.8 Å². The van der Waals surface area contributed by atoms with Gasteiger partial charge >= 0.3 is 0 Å². The number of likely N-dealkylation sites (tertiary alicyclic amines) is 1. The van der Waals surface area contributed by atoms with E-state index in [1.165, 1.54) is 4.90 Å². The van der Waals surface area contributed by atoms with Crippen LogP contribution in [0.5, 0.6) is 0 Å². The molecule has 0 aliphatic carbocycles. The molecule has 2 aliphatic rings. The maximum absolute atomic E-state index is 13.5. The number of hydrogen-bond donors (Lipinski definition) is 0. The topological polar surface area (TPSA) is 43.9 Å². The van der Waals surface area contributed by atoms with Crippen molar-refractivity contribution in [3.05, 3.63) is 71.4 Å². The number of aryl methyl sites for hydroxylation is 1. The van der Waals surface area contributed by atoms with Crippen LogP contribution >= 0.6 is 0 Å². The quantitative estimate of drug-likeness (QED) is 0.753. The number of carbonyl (C=O) groups excluding carboxylic acids is 2. The third kappa shape index (κ3) is 3.58. The maximum Gasteiger partial charge on any atom is 0.282 e. The highest BCUT2D eigenvalue weighted by molar-refractivity contribution is 6.45. The van der Waals surface area contributed by atoms with Gasteiger partial charge in [0.25, 0.3) is 11.8 Å². The van der Waals surface area contributed by atoms with Gasteiger partial charge in [-0.05, 0) is 57.6 Å². The highest BCUT2D eigenvalue weighted by atomic mass is 16.2. The van der Waals surface area contributed by atoms with Gasteiger partial charge < -0.3 is 9.80 Å². The molecule has 0 unspecified atom stereocenters. The van der Waals surface area contributed by atoms with Gasteiger partial charge in [-0.15, -0.1) is 0 Å². The van der Waals surface area contributed by atoms with Gasteiger partial charge in [0.1, 0.15) is 5.70 Å². The number of amides is 2. The van der Waals surface area contributed by atoms with E-state index >= 15 is 0 Å². The molecular weight excluding hydrogens is 362 g/mol. The predicted molar refractivity (Wildman–Crippen MR) is 115 cm³/mol. The molecule has 29 heavy (non-hydrogen) atoms. The molecule has 5 nitrogen and oxygen atoms in total. The number of carbonyl (C=O) groups is 2. The Morgan fingerprint density at radius 2 is 1.52 bits per heavy atom. The molecule has 0 bridgehead atoms. The van der Waals surface area contributed by atoms with Crippen LogP contribution in [0.25, 0.3) is 5.57 Å². The summed E-state index contributed by atoms with van der Waals surface area (Å²) >= 11 is 0.